The zero-order valence-corrected chi connectivity index (χ0v) is 16.0. The molecule has 1 saturated heterocycles. The van der Waals surface area contributed by atoms with Gasteiger partial charge in [0.15, 0.2) is 17.7 Å². The van der Waals surface area contributed by atoms with Gasteiger partial charge in [-0.1, -0.05) is 0 Å². The molecular weight excluding hydrogens is 442 g/mol. The van der Waals surface area contributed by atoms with Gasteiger partial charge in [-0.2, -0.15) is 4.31 Å². The van der Waals surface area contributed by atoms with Gasteiger partial charge in [0, 0.05) is 0 Å². The van der Waals surface area contributed by atoms with E-state index in [1.54, 1.807) is 0 Å². The molecule has 0 spiro atoms. The molecule has 1 aromatic heterocycles. The summed E-state index contributed by atoms with van der Waals surface area (Å²) in [5, 5.41) is 25.0. The van der Waals surface area contributed by atoms with E-state index in [0.717, 1.165) is 10.9 Å². The summed E-state index contributed by atoms with van der Waals surface area (Å²) in [5.41, 5.74) is -0.175. The van der Waals surface area contributed by atoms with Crippen LogP contribution in [0.2, 0.25) is 0 Å². The highest BCUT2D eigenvalue weighted by atomic mass is 31.3. The Morgan fingerprint density at radius 3 is 2.59 bits per heavy atom. The number of ether oxygens (including phenoxy) is 1. The number of imidazole rings is 1. The standard InChI is InChI=1S/C11H16N4O12P2/c16-5-1-12-10(19)6-9(14-5)13-3-15(6)11-8(18)7(17)4(26-11)2-25-29(23,24)27-28(20,21)22/h3-4,7-8,11,17-18H,1-2H2,(H,12,19)(H,14,16)(H,23,24)(H2,20,21,22)/t4-,7-,8-,11-/m1/s1. The van der Waals surface area contributed by atoms with E-state index < -0.39 is 58.6 Å². The lowest BCUT2D eigenvalue weighted by Gasteiger charge is -2.18. The minimum Gasteiger partial charge on any atom is -0.387 e. The summed E-state index contributed by atoms with van der Waals surface area (Å²) in [5.74, 6) is -1.36. The number of anilines is 1. The minimum atomic E-state index is -5.34. The number of carbonyl (C=O) groups excluding carboxylic acids is 2. The third-order valence-corrected chi connectivity index (χ3v) is 6.05. The van der Waals surface area contributed by atoms with Gasteiger partial charge in [0.05, 0.1) is 19.5 Å². The lowest BCUT2D eigenvalue weighted by atomic mass is 10.1. The molecule has 1 unspecified atom stereocenters. The van der Waals surface area contributed by atoms with Crippen LogP contribution in [0, 0.1) is 0 Å². The number of aromatic nitrogens is 2. The molecule has 0 aromatic carbocycles. The number of carbonyl (C=O) groups is 2. The van der Waals surface area contributed by atoms with Gasteiger partial charge < -0.3 is 40.3 Å². The fourth-order valence-electron chi connectivity index (χ4n) is 2.71. The largest absolute Gasteiger partial charge is 0.481 e. The number of hydrogen-bond donors (Lipinski definition) is 7. The van der Waals surface area contributed by atoms with Crippen LogP contribution in [0.5, 0.6) is 0 Å². The zero-order chi connectivity index (χ0) is 21.6. The second-order valence-electron chi connectivity index (χ2n) is 5.96. The lowest BCUT2D eigenvalue weighted by molar-refractivity contribution is -0.115. The van der Waals surface area contributed by atoms with Gasteiger partial charge in [0.2, 0.25) is 5.91 Å². The summed E-state index contributed by atoms with van der Waals surface area (Å²) in [7, 11) is -10.5. The Morgan fingerprint density at radius 1 is 1.24 bits per heavy atom. The van der Waals surface area contributed by atoms with Crippen LogP contribution in [-0.2, 0) is 27.5 Å². The molecule has 0 bridgehead atoms. The van der Waals surface area contributed by atoms with Crippen molar-refractivity contribution >= 4 is 33.3 Å². The fourth-order valence-corrected chi connectivity index (χ4v) is 4.31. The maximum absolute atomic E-state index is 12.2. The highest BCUT2D eigenvalue weighted by Crippen LogP contribution is 2.57. The molecular formula is C11H16N4O12P2. The SMILES string of the molecule is O=C1CNC(=O)c2c(ncn2[C@@H]2O[C@H](COP(=O)(O)OP(=O)(O)O)[C@@H](O)[C@H]2O)N1. The second kappa shape index (κ2) is 7.85. The number of fused-ring (bicyclic) bond motifs is 1. The molecule has 2 amide bonds. The first kappa shape index (κ1) is 22.0. The first-order chi connectivity index (χ1) is 13.4. The van der Waals surface area contributed by atoms with E-state index in [1.165, 1.54) is 0 Å². The molecule has 29 heavy (non-hydrogen) atoms. The molecule has 0 radical (unpaired) electrons. The van der Waals surface area contributed by atoms with Crippen LogP contribution in [0.1, 0.15) is 16.7 Å². The predicted molar refractivity (Wildman–Crippen MR) is 88.0 cm³/mol. The van der Waals surface area contributed by atoms with Crippen LogP contribution in [0.15, 0.2) is 6.33 Å². The lowest BCUT2D eigenvalue weighted by Crippen LogP contribution is -2.34. The maximum atomic E-state index is 12.2. The monoisotopic (exact) mass is 458 g/mol. The highest BCUT2D eigenvalue weighted by molar-refractivity contribution is 7.60. The molecule has 0 saturated carbocycles. The van der Waals surface area contributed by atoms with Crippen LogP contribution in [0.4, 0.5) is 5.82 Å². The smallest absolute Gasteiger partial charge is 0.387 e. The summed E-state index contributed by atoms with van der Waals surface area (Å²) in [4.78, 5) is 54.0. The predicted octanol–water partition coefficient (Wildman–Crippen LogP) is -2.59. The normalized spacial score (nSPS) is 29.6. The van der Waals surface area contributed by atoms with Gasteiger partial charge in [0.25, 0.3) is 5.91 Å². The molecule has 18 heteroatoms. The molecule has 7 N–H and O–H groups in total. The van der Waals surface area contributed by atoms with Crippen molar-refractivity contribution in [1.29, 1.82) is 0 Å². The van der Waals surface area contributed by atoms with Crippen molar-refractivity contribution in [3.8, 4) is 0 Å². The van der Waals surface area contributed by atoms with Crippen molar-refractivity contribution in [3.63, 3.8) is 0 Å². The first-order valence-corrected chi connectivity index (χ1v) is 10.8. The number of aliphatic hydroxyl groups is 2. The van der Waals surface area contributed by atoms with Crippen LogP contribution in [-0.4, -0.2) is 77.7 Å². The third-order valence-electron chi connectivity index (χ3n) is 3.90. The average molecular weight is 458 g/mol. The number of nitrogens with one attached hydrogen (secondary N) is 2. The number of phosphoric acid groups is 2. The number of nitrogens with zero attached hydrogens (tertiary/aromatic N) is 2. The quantitative estimate of drug-likeness (QED) is 0.217. The van der Waals surface area contributed by atoms with E-state index in [9.17, 15) is 33.8 Å². The van der Waals surface area contributed by atoms with E-state index in [4.69, 9.17) is 14.5 Å². The molecule has 0 aliphatic carbocycles. The van der Waals surface area contributed by atoms with E-state index in [-0.39, 0.29) is 18.1 Å². The highest BCUT2D eigenvalue weighted by Gasteiger charge is 2.46. The van der Waals surface area contributed by atoms with Gasteiger partial charge in [-0.05, 0) is 0 Å². The topological polar surface area (TPSA) is 239 Å². The Morgan fingerprint density at radius 2 is 1.93 bits per heavy atom. The summed E-state index contributed by atoms with van der Waals surface area (Å²) in [6, 6.07) is 0. The van der Waals surface area contributed by atoms with Gasteiger partial charge in [-0.25, -0.2) is 14.1 Å². The molecule has 3 rings (SSSR count). The van der Waals surface area contributed by atoms with Gasteiger partial charge in [0.1, 0.15) is 18.3 Å². The number of aliphatic hydroxyl groups excluding tert-OH is 2. The van der Waals surface area contributed by atoms with Crippen molar-refractivity contribution in [1.82, 2.24) is 14.9 Å². The van der Waals surface area contributed by atoms with Crippen molar-refractivity contribution in [2.24, 2.45) is 0 Å². The third kappa shape index (κ3) is 4.90. The van der Waals surface area contributed by atoms with Crippen molar-refractivity contribution in [2.45, 2.75) is 24.5 Å². The number of hydrogen-bond acceptors (Lipinski definition) is 10. The van der Waals surface area contributed by atoms with E-state index >= 15 is 0 Å². The first-order valence-electron chi connectivity index (χ1n) is 7.78. The number of amides is 2. The van der Waals surface area contributed by atoms with Gasteiger partial charge in [-0.3, -0.25) is 18.7 Å². The Labute approximate surface area is 161 Å². The molecule has 1 aromatic rings. The minimum absolute atomic E-state index is 0.107. The Hall–Kier alpha value is -1.71. The number of rotatable bonds is 6. The van der Waals surface area contributed by atoms with E-state index in [2.05, 4.69) is 24.5 Å². The Bertz CT molecular complexity index is 914. The van der Waals surface area contributed by atoms with Crippen LogP contribution >= 0.6 is 15.6 Å². The Kier molecular flexibility index (Phi) is 5.95. The van der Waals surface area contributed by atoms with Gasteiger partial charge >= 0.3 is 15.6 Å². The van der Waals surface area contributed by atoms with Crippen LogP contribution in [0.3, 0.4) is 0 Å². The zero-order valence-electron chi connectivity index (χ0n) is 14.2. The molecule has 16 nitrogen and oxygen atoms in total. The summed E-state index contributed by atoms with van der Waals surface area (Å²) >= 11 is 0. The molecule has 162 valence electrons. The molecule has 2 aliphatic rings. The van der Waals surface area contributed by atoms with Crippen LogP contribution in [0.25, 0.3) is 0 Å². The van der Waals surface area contributed by atoms with E-state index in [0.29, 0.717) is 0 Å². The Balaban J connectivity index is 1.76. The molecule has 3 heterocycles. The summed E-state index contributed by atoms with van der Waals surface area (Å²) in [6.07, 6.45) is -5.13. The van der Waals surface area contributed by atoms with Crippen molar-refractivity contribution in [2.75, 3.05) is 18.5 Å². The van der Waals surface area contributed by atoms with E-state index in [1.807, 2.05) is 0 Å². The summed E-state index contributed by atoms with van der Waals surface area (Å²) in [6.45, 7) is -1.21. The maximum Gasteiger partial charge on any atom is 0.481 e. The molecule has 1 fully saturated rings. The molecule has 5 atom stereocenters. The van der Waals surface area contributed by atoms with Crippen LogP contribution < -0.4 is 10.6 Å². The average Bonchev–Trinajstić information content (AvgIpc) is 3.06. The van der Waals surface area contributed by atoms with Gasteiger partial charge in [-0.15, -0.1) is 0 Å². The fraction of sp³-hybridized carbons (Fsp3) is 0.545. The second-order valence-corrected chi connectivity index (χ2v) is 8.79. The van der Waals surface area contributed by atoms with Crippen molar-refractivity contribution < 1.29 is 57.2 Å². The molecule has 2 aliphatic heterocycles. The number of phosphoric ester groups is 1. The summed E-state index contributed by atoms with van der Waals surface area (Å²) < 4.78 is 36.5. The van der Waals surface area contributed by atoms with Crippen molar-refractivity contribution in [3.05, 3.63) is 12.0 Å².